The molecule has 18 heavy (non-hydrogen) atoms. The minimum Gasteiger partial charge on any atom is -0.381 e. The Kier molecular flexibility index (Phi) is 6.41. The van der Waals surface area contributed by atoms with Crippen LogP contribution in [0.5, 0.6) is 0 Å². The van der Waals surface area contributed by atoms with Crippen LogP contribution in [-0.2, 0) is 4.74 Å². The fourth-order valence-electron chi connectivity index (χ4n) is 2.88. The van der Waals surface area contributed by atoms with Crippen molar-refractivity contribution in [1.82, 2.24) is 15.5 Å². The van der Waals surface area contributed by atoms with Gasteiger partial charge in [0, 0.05) is 45.9 Å². The molecule has 0 bridgehead atoms. The molecule has 2 aliphatic rings. The minimum absolute atomic E-state index is 0.753. The third-order valence-electron chi connectivity index (χ3n) is 4.05. The predicted molar refractivity (Wildman–Crippen MR) is 74.9 cm³/mol. The molecule has 106 valence electrons. The zero-order valence-corrected chi connectivity index (χ0v) is 11.8. The summed E-state index contributed by atoms with van der Waals surface area (Å²) in [6.45, 7) is 12.6. The van der Waals surface area contributed by atoms with E-state index in [4.69, 9.17) is 4.74 Å². The van der Waals surface area contributed by atoms with Gasteiger partial charge in [0.2, 0.25) is 0 Å². The average Bonchev–Trinajstić information content (AvgIpc) is 2.41. The number of nitrogens with zero attached hydrogens (tertiary/aromatic N) is 1. The maximum Gasteiger partial charge on any atom is 0.0469 e. The van der Waals surface area contributed by atoms with E-state index in [1.54, 1.807) is 0 Å². The molecule has 2 saturated heterocycles. The largest absolute Gasteiger partial charge is 0.381 e. The lowest BCUT2D eigenvalue weighted by atomic mass is 10.0. The molecule has 0 radical (unpaired) electrons. The highest BCUT2D eigenvalue weighted by Crippen LogP contribution is 2.13. The number of hydrogen-bond acceptors (Lipinski definition) is 4. The van der Waals surface area contributed by atoms with E-state index in [0.717, 1.165) is 44.7 Å². The number of piperazine rings is 1. The van der Waals surface area contributed by atoms with Crippen LogP contribution in [0.4, 0.5) is 0 Å². The molecule has 2 rings (SSSR count). The van der Waals surface area contributed by atoms with Crippen molar-refractivity contribution in [3.63, 3.8) is 0 Å². The van der Waals surface area contributed by atoms with Gasteiger partial charge in [-0.3, -0.25) is 0 Å². The van der Waals surface area contributed by atoms with Gasteiger partial charge in [-0.1, -0.05) is 6.92 Å². The van der Waals surface area contributed by atoms with Crippen LogP contribution in [0, 0.1) is 11.8 Å². The Morgan fingerprint density at radius 2 is 2.00 bits per heavy atom. The summed E-state index contributed by atoms with van der Waals surface area (Å²) < 4.78 is 5.39. The number of hydrogen-bond donors (Lipinski definition) is 2. The van der Waals surface area contributed by atoms with Gasteiger partial charge in [0.1, 0.15) is 0 Å². The van der Waals surface area contributed by atoms with Gasteiger partial charge in [-0.15, -0.1) is 0 Å². The van der Waals surface area contributed by atoms with Gasteiger partial charge in [-0.2, -0.15) is 0 Å². The molecule has 2 aliphatic heterocycles. The monoisotopic (exact) mass is 255 g/mol. The molecule has 0 aromatic heterocycles. The Morgan fingerprint density at radius 3 is 2.72 bits per heavy atom. The first-order valence-corrected chi connectivity index (χ1v) is 7.56. The Labute approximate surface area is 111 Å². The van der Waals surface area contributed by atoms with E-state index in [-0.39, 0.29) is 0 Å². The normalized spacial score (nSPS) is 25.2. The molecule has 2 fully saturated rings. The van der Waals surface area contributed by atoms with Crippen LogP contribution in [0.3, 0.4) is 0 Å². The van der Waals surface area contributed by atoms with Crippen molar-refractivity contribution in [2.75, 3.05) is 59.0 Å². The van der Waals surface area contributed by atoms with Gasteiger partial charge in [-0.05, 0) is 37.8 Å². The van der Waals surface area contributed by atoms with Gasteiger partial charge in [0.15, 0.2) is 0 Å². The van der Waals surface area contributed by atoms with Crippen LogP contribution in [0.2, 0.25) is 0 Å². The number of nitrogens with one attached hydrogen (secondary N) is 2. The molecule has 0 spiro atoms. The molecule has 4 heteroatoms. The maximum atomic E-state index is 5.39. The highest BCUT2D eigenvalue weighted by atomic mass is 16.5. The van der Waals surface area contributed by atoms with E-state index in [9.17, 15) is 0 Å². The topological polar surface area (TPSA) is 36.5 Å². The summed E-state index contributed by atoms with van der Waals surface area (Å²) in [6.07, 6.45) is 2.47. The van der Waals surface area contributed by atoms with Crippen LogP contribution >= 0.6 is 0 Å². The van der Waals surface area contributed by atoms with Crippen molar-refractivity contribution >= 4 is 0 Å². The first-order valence-electron chi connectivity index (χ1n) is 7.56. The van der Waals surface area contributed by atoms with E-state index in [2.05, 4.69) is 22.5 Å². The summed E-state index contributed by atoms with van der Waals surface area (Å²) in [5.41, 5.74) is 0. The van der Waals surface area contributed by atoms with Crippen LogP contribution in [0.1, 0.15) is 19.8 Å². The van der Waals surface area contributed by atoms with Crippen molar-refractivity contribution in [2.45, 2.75) is 19.8 Å². The fraction of sp³-hybridized carbons (Fsp3) is 1.00. The molecule has 0 aliphatic carbocycles. The van der Waals surface area contributed by atoms with Gasteiger partial charge >= 0.3 is 0 Å². The zero-order valence-electron chi connectivity index (χ0n) is 11.8. The SMILES string of the molecule is CC(CNCC1CCOCC1)CN1CCNCC1. The minimum atomic E-state index is 0.753. The second kappa shape index (κ2) is 8.10. The standard InChI is InChI=1S/C14H29N3O/c1-13(12-17-6-4-15-5-7-17)10-16-11-14-2-8-18-9-3-14/h13-16H,2-12H2,1H3. The summed E-state index contributed by atoms with van der Waals surface area (Å²) in [7, 11) is 0. The van der Waals surface area contributed by atoms with E-state index >= 15 is 0 Å². The lowest BCUT2D eigenvalue weighted by Crippen LogP contribution is -2.46. The second-order valence-corrected chi connectivity index (χ2v) is 5.87. The number of rotatable bonds is 6. The molecule has 4 nitrogen and oxygen atoms in total. The van der Waals surface area contributed by atoms with E-state index in [1.165, 1.54) is 39.0 Å². The molecular weight excluding hydrogens is 226 g/mol. The third-order valence-corrected chi connectivity index (χ3v) is 4.05. The van der Waals surface area contributed by atoms with Gasteiger partial charge < -0.3 is 20.3 Å². The van der Waals surface area contributed by atoms with Gasteiger partial charge in [-0.25, -0.2) is 0 Å². The van der Waals surface area contributed by atoms with Crippen LogP contribution in [0.15, 0.2) is 0 Å². The Bertz CT molecular complexity index is 213. The Morgan fingerprint density at radius 1 is 1.28 bits per heavy atom. The van der Waals surface area contributed by atoms with Crippen molar-refractivity contribution in [3.05, 3.63) is 0 Å². The molecule has 1 atom stereocenters. The van der Waals surface area contributed by atoms with E-state index < -0.39 is 0 Å². The lowest BCUT2D eigenvalue weighted by molar-refractivity contribution is 0.0659. The Hall–Kier alpha value is -0.160. The molecule has 2 N–H and O–H groups in total. The van der Waals surface area contributed by atoms with Crippen molar-refractivity contribution in [1.29, 1.82) is 0 Å². The van der Waals surface area contributed by atoms with Crippen LogP contribution in [-0.4, -0.2) is 63.9 Å². The van der Waals surface area contributed by atoms with Crippen molar-refractivity contribution < 1.29 is 4.74 Å². The van der Waals surface area contributed by atoms with Crippen LogP contribution < -0.4 is 10.6 Å². The second-order valence-electron chi connectivity index (χ2n) is 5.87. The van der Waals surface area contributed by atoms with Crippen LogP contribution in [0.25, 0.3) is 0 Å². The highest BCUT2D eigenvalue weighted by Gasteiger charge is 2.15. The molecule has 0 aromatic rings. The quantitative estimate of drug-likeness (QED) is 0.726. The van der Waals surface area contributed by atoms with E-state index in [0.29, 0.717) is 0 Å². The molecule has 0 amide bonds. The maximum absolute atomic E-state index is 5.39. The summed E-state index contributed by atoms with van der Waals surface area (Å²) in [4.78, 5) is 2.58. The van der Waals surface area contributed by atoms with Crippen molar-refractivity contribution in [3.8, 4) is 0 Å². The molecule has 0 saturated carbocycles. The van der Waals surface area contributed by atoms with Gasteiger partial charge in [0.25, 0.3) is 0 Å². The highest BCUT2D eigenvalue weighted by molar-refractivity contribution is 4.72. The fourth-order valence-corrected chi connectivity index (χ4v) is 2.88. The zero-order chi connectivity index (χ0) is 12.6. The van der Waals surface area contributed by atoms with Crippen molar-refractivity contribution in [2.24, 2.45) is 11.8 Å². The third kappa shape index (κ3) is 5.22. The Balaban J connectivity index is 1.52. The lowest BCUT2D eigenvalue weighted by Gasteiger charge is -2.30. The summed E-state index contributed by atoms with van der Waals surface area (Å²) >= 11 is 0. The average molecular weight is 255 g/mol. The molecular formula is C14H29N3O. The summed E-state index contributed by atoms with van der Waals surface area (Å²) in [5.74, 6) is 1.59. The number of ether oxygens (including phenoxy) is 1. The molecule has 2 heterocycles. The first-order chi connectivity index (χ1) is 8.84. The summed E-state index contributed by atoms with van der Waals surface area (Å²) in [5, 5.41) is 7.05. The smallest absolute Gasteiger partial charge is 0.0469 e. The molecule has 1 unspecified atom stereocenters. The van der Waals surface area contributed by atoms with Gasteiger partial charge in [0.05, 0.1) is 0 Å². The molecule has 0 aromatic carbocycles. The van der Waals surface area contributed by atoms with E-state index in [1.807, 2.05) is 0 Å². The predicted octanol–water partition coefficient (Wildman–Crippen LogP) is 0.544. The first kappa shape index (κ1) is 14.3. The summed E-state index contributed by atoms with van der Waals surface area (Å²) in [6, 6.07) is 0.